The van der Waals surface area contributed by atoms with Crippen LogP contribution in [-0.2, 0) is 14.3 Å². The summed E-state index contributed by atoms with van der Waals surface area (Å²) in [5, 5.41) is 11.3. The second-order valence-corrected chi connectivity index (χ2v) is 7.32. The number of methoxy groups -OCH3 is 3. The first-order chi connectivity index (χ1) is 14.9. The van der Waals surface area contributed by atoms with Crippen LogP contribution in [0, 0.1) is 6.92 Å². The fourth-order valence-electron chi connectivity index (χ4n) is 3.82. The number of Topliss-reactive ketones (excluding diaryl/α,β-unsaturated/α-hetero) is 1. The summed E-state index contributed by atoms with van der Waals surface area (Å²) < 4.78 is 15.7. The zero-order valence-corrected chi connectivity index (χ0v) is 18.2. The molecule has 31 heavy (non-hydrogen) atoms. The summed E-state index contributed by atoms with van der Waals surface area (Å²) in [5.41, 5.74) is 2.05. The number of rotatable bonds is 8. The predicted octanol–water partition coefficient (Wildman–Crippen LogP) is 3.47. The molecular formula is C24H27NO6. The van der Waals surface area contributed by atoms with Gasteiger partial charge < -0.3 is 24.2 Å². The van der Waals surface area contributed by atoms with Crippen LogP contribution in [0.15, 0.2) is 48.0 Å². The minimum absolute atomic E-state index is 0.0274. The highest BCUT2D eigenvalue weighted by Gasteiger charge is 2.46. The van der Waals surface area contributed by atoms with Crippen molar-refractivity contribution in [2.24, 2.45) is 0 Å². The molecule has 3 rings (SSSR count). The highest BCUT2D eigenvalue weighted by atomic mass is 16.5. The first-order valence-electron chi connectivity index (χ1n) is 9.99. The van der Waals surface area contributed by atoms with Crippen molar-refractivity contribution in [3.63, 3.8) is 0 Å². The average Bonchev–Trinajstić information content (AvgIpc) is 3.03. The maximum absolute atomic E-state index is 13.1. The first kappa shape index (κ1) is 22.4. The zero-order chi connectivity index (χ0) is 22.5. The monoisotopic (exact) mass is 425 g/mol. The lowest BCUT2D eigenvalue weighted by Gasteiger charge is -2.25. The number of hydrogen-bond acceptors (Lipinski definition) is 6. The van der Waals surface area contributed by atoms with Crippen molar-refractivity contribution >= 4 is 17.4 Å². The van der Waals surface area contributed by atoms with Crippen molar-refractivity contribution < 1.29 is 28.9 Å². The summed E-state index contributed by atoms with van der Waals surface area (Å²) in [5.74, 6) is -0.817. The Labute approximate surface area is 181 Å². The lowest BCUT2D eigenvalue weighted by atomic mass is 9.94. The van der Waals surface area contributed by atoms with Crippen LogP contribution in [0.3, 0.4) is 0 Å². The van der Waals surface area contributed by atoms with E-state index in [1.165, 1.54) is 19.1 Å². The van der Waals surface area contributed by atoms with Crippen LogP contribution < -0.4 is 9.47 Å². The Bertz CT molecular complexity index is 1010. The Morgan fingerprint density at radius 1 is 1.06 bits per heavy atom. The van der Waals surface area contributed by atoms with Crippen LogP contribution >= 0.6 is 0 Å². The maximum Gasteiger partial charge on any atom is 0.295 e. The number of aliphatic hydroxyl groups excluding tert-OH is 1. The average molecular weight is 425 g/mol. The molecule has 1 N–H and O–H groups in total. The Hall–Kier alpha value is -3.32. The van der Waals surface area contributed by atoms with Crippen molar-refractivity contribution in [3.8, 4) is 11.5 Å². The highest BCUT2D eigenvalue weighted by Crippen LogP contribution is 2.41. The third kappa shape index (κ3) is 4.41. The van der Waals surface area contributed by atoms with E-state index >= 15 is 0 Å². The molecule has 0 aromatic heterocycles. The molecule has 1 amide bonds. The fraction of sp³-hybridized carbons (Fsp3) is 0.333. The smallest absolute Gasteiger partial charge is 0.295 e. The molecule has 0 bridgehead atoms. The fourth-order valence-corrected chi connectivity index (χ4v) is 3.82. The largest absolute Gasteiger partial charge is 0.507 e. The van der Waals surface area contributed by atoms with E-state index in [0.29, 0.717) is 31.1 Å². The van der Waals surface area contributed by atoms with Gasteiger partial charge in [0.05, 0.1) is 31.4 Å². The third-order valence-electron chi connectivity index (χ3n) is 5.31. The second kappa shape index (κ2) is 9.66. The number of benzene rings is 2. The van der Waals surface area contributed by atoms with Crippen LogP contribution in [0.1, 0.15) is 29.2 Å². The van der Waals surface area contributed by atoms with E-state index in [9.17, 15) is 14.7 Å². The van der Waals surface area contributed by atoms with Gasteiger partial charge in [0.1, 0.15) is 17.3 Å². The minimum atomic E-state index is -0.730. The number of ether oxygens (including phenoxy) is 3. The number of ketones is 1. The predicted molar refractivity (Wildman–Crippen MR) is 116 cm³/mol. The number of hydrogen-bond donors (Lipinski definition) is 1. The molecular weight excluding hydrogens is 398 g/mol. The van der Waals surface area contributed by atoms with Gasteiger partial charge in [-0.3, -0.25) is 9.59 Å². The van der Waals surface area contributed by atoms with E-state index in [-0.39, 0.29) is 16.9 Å². The maximum atomic E-state index is 13.1. The number of carbonyl (C=O) groups is 2. The minimum Gasteiger partial charge on any atom is -0.507 e. The molecule has 1 unspecified atom stereocenters. The quantitative estimate of drug-likeness (QED) is 0.302. The van der Waals surface area contributed by atoms with E-state index in [2.05, 4.69) is 0 Å². The van der Waals surface area contributed by atoms with Gasteiger partial charge in [-0.15, -0.1) is 0 Å². The SMILES string of the molecule is COCCCN1C(=O)C(=O)/C(=C(/O)c2cc(OC)ccc2OC)C1c1cccc(C)c1. The van der Waals surface area contributed by atoms with Gasteiger partial charge in [-0.1, -0.05) is 29.8 Å². The molecule has 164 valence electrons. The van der Waals surface area contributed by atoms with Gasteiger partial charge in [-0.05, 0) is 37.1 Å². The number of carbonyl (C=O) groups excluding carboxylic acids is 2. The summed E-state index contributed by atoms with van der Waals surface area (Å²) >= 11 is 0. The van der Waals surface area contributed by atoms with Gasteiger partial charge in [0.15, 0.2) is 0 Å². The second-order valence-electron chi connectivity index (χ2n) is 7.32. The van der Waals surface area contributed by atoms with Crippen molar-refractivity contribution in [1.29, 1.82) is 0 Å². The molecule has 0 radical (unpaired) electrons. The molecule has 2 aromatic carbocycles. The van der Waals surface area contributed by atoms with Gasteiger partial charge in [0.25, 0.3) is 11.7 Å². The first-order valence-corrected chi connectivity index (χ1v) is 9.99. The third-order valence-corrected chi connectivity index (χ3v) is 5.31. The van der Waals surface area contributed by atoms with E-state index in [1.54, 1.807) is 25.3 Å². The molecule has 1 fully saturated rings. The van der Waals surface area contributed by atoms with Gasteiger partial charge >= 0.3 is 0 Å². The van der Waals surface area contributed by atoms with Crippen LogP contribution in [0.4, 0.5) is 0 Å². The molecule has 2 aromatic rings. The molecule has 0 saturated carbocycles. The Balaban J connectivity index is 2.20. The summed E-state index contributed by atoms with van der Waals surface area (Å²) in [6, 6.07) is 11.8. The van der Waals surface area contributed by atoms with Crippen molar-refractivity contribution in [3.05, 3.63) is 64.7 Å². The standard InChI is InChI=1S/C24H27NO6/c1-15-7-5-8-16(13-15)21-20(23(27)24(28)25(21)11-6-12-29-2)22(26)18-14-17(30-3)9-10-19(18)31-4/h5,7-10,13-14,21,26H,6,11-12H2,1-4H3/b22-20+. The van der Waals surface area contributed by atoms with E-state index in [1.807, 2.05) is 31.2 Å². The number of likely N-dealkylation sites (tertiary alicyclic amines) is 1. The summed E-state index contributed by atoms with van der Waals surface area (Å²) in [6.07, 6.45) is 0.564. The molecule has 1 heterocycles. The van der Waals surface area contributed by atoms with Crippen LogP contribution in [-0.4, -0.2) is 56.2 Å². The zero-order valence-electron chi connectivity index (χ0n) is 18.2. The van der Waals surface area contributed by atoms with Crippen LogP contribution in [0.2, 0.25) is 0 Å². The van der Waals surface area contributed by atoms with Crippen LogP contribution in [0.5, 0.6) is 11.5 Å². The van der Waals surface area contributed by atoms with E-state index in [4.69, 9.17) is 14.2 Å². The number of aliphatic hydroxyl groups is 1. The Morgan fingerprint density at radius 2 is 1.84 bits per heavy atom. The van der Waals surface area contributed by atoms with Gasteiger partial charge in [-0.2, -0.15) is 0 Å². The topological polar surface area (TPSA) is 85.3 Å². The molecule has 7 heteroatoms. The summed E-state index contributed by atoms with van der Waals surface area (Å²) in [6.45, 7) is 2.71. The van der Waals surface area contributed by atoms with E-state index in [0.717, 1.165) is 11.1 Å². The highest BCUT2D eigenvalue weighted by molar-refractivity contribution is 6.46. The van der Waals surface area contributed by atoms with Crippen LogP contribution in [0.25, 0.3) is 5.76 Å². The normalized spacial score (nSPS) is 17.8. The lowest BCUT2D eigenvalue weighted by Crippen LogP contribution is -2.31. The molecule has 7 nitrogen and oxygen atoms in total. The number of amides is 1. The van der Waals surface area contributed by atoms with E-state index < -0.39 is 17.7 Å². The molecule has 0 spiro atoms. The Morgan fingerprint density at radius 3 is 2.48 bits per heavy atom. The number of nitrogens with zero attached hydrogens (tertiary/aromatic N) is 1. The number of aryl methyl sites for hydroxylation is 1. The Kier molecular flexibility index (Phi) is 6.97. The molecule has 1 aliphatic heterocycles. The molecule has 1 aliphatic rings. The summed E-state index contributed by atoms with van der Waals surface area (Å²) in [4.78, 5) is 27.5. The van der Waals surface area contributed by atoms with Crippen molar-refractivity contribution in [1.82, 2.24) is 4.90 Å². The van der Waals surface area contributed by atoms with Crippen molar-refractivity contribution in [2.45, 2.75) is 19.4 Å². The molecule has 1 saturated heterocycles. The van der Waals surface area contributed by atoms with Gasteiger partial charge in [0.2, 0.25) is 0 Å². The lowest BCUT2D eigenvalue weighted by molar-refractivity contribution is -0.140. The van der Waals surface area contributed by atoms with Gasteiger partial charge in [0, 0.05) is 20.3 Å². The van der Waals surface area contributed by atoms with Gasteiger partial charge in [-0.25, -0.2) is 0 Å². The molecule has 0 aliphatic carbocycles. The summed E-state index contributed by atoms with van der Waals surface area (Å²) in [7, 11) is 4.56. The molecule has 1 atom stereocenters. The van der Waals surface area contributed by atoms with Crippen molar-refractivity contribution in [2.75, 3.05) is 34.5 Å².